The average Bonchev–Trinajstić information content (AvgIpc) is 3.02. The van der Waals surface area contributed by atoms with Gasteiger partial charge in [-0.2, -0.15) is 10.1 Å². The maximum atomic E-state index is 13.1. The molecule has 0 aliphatic carbocycles. The summed E-state index contributed by atoms with van der Waals surface area (Å²) in [7, 11) is 0. The van der Waals surface area contributed by atoms with Crippen molar-refractivity contribution in [3.05, 3.63) is 71.3 Å². The predicted octanol–water partition coefficient (Wildman–Crippen LogP) is 2.85. The highest BCUT2D eigenvalue weighted by molar-refractivity contribution is 6.38. The van der Waals surface area contributed by atoms with Gasteiger partial charge in [0.2, 0.25) is 0 Å². The Morgan fingerprint density at radius 2 is 1.61 bits per heavy atom. The van der Waals surface area contributed by atoms with Gasteiger partial charge < -0.3 is 0 Å². The Hall–Kier alpha value is -4.07. The molecule has 2 aliphatic rings. The molecule has 5 amide bonds. The van der Waals surface area contributed by atoms with E-state index < -0.39 is 23.8 Å². The van der Waals surface area contributed by atoms with Gasteiger partial charge in [0.25, 0.3) is 17.7 Å². The highest BCUT2D eigenvalue weighted by Crippen LogP contribution is 2.28. The standard InChI is InChI=1S/C23H20N4O4/c1-13-9-10-17(11-14(13)2)26-21(29)19(20(28)24-23(26)31)12-18-15(3)25-27(22(18)30)16-7-5-4-6-8-16/h4-12,18H,1-3H3,(H,24,28,31)/b19-12-. The highest BCUT2D eigenvalue weighted by Gasteiger charge is 2.40. The minimum atomic E-state index is -0.889. The number of hydrazone groups is 1. The molecule has 0 aromatic heterocycles. The van der Waals surface area contributed by atoms with Crippen LogP contribution in [0.25, 0.3) is 0 Å². The van der Waals surface area contributed by atoms with E-state index in [0.29, 0.717) is 17.1 Å². The smallest absolute Gasteiger partial charge is 0.273 e. The first-order chi connectivity index (χ1) is 14.8. The van der Waals surface area contributed by atoms with Gasteiger partial charge in [0.05, 0.1) is 23.0 Å². The van der Waals surface area contributed by atoms with Gasteiger partial charge >= 0.3 is 6.03 Å². The molecule has 1 atom stereocenters. The second-order valence-corrected chi connectivity index (χ2v) is 7.45. The molecule has 0 saturated carbocycles. The molecule has 1 unspecified atom stereocenters. The summed E-state index contributed by atoms with van der Waals surface area (Å²) in [6.07, 6.45) is 1.28. The van der Waals surface area contributed by atoms with Crippen LogP contribution in [0.4, 0.5) is 16.2 Å². The molecular weight excluding hydrogens is 396 g/mol. The lowest BCUT2D eigenvalue weighted by Gasteiger charge is -2.27. The fraction of sp³-hybridized carbons (Fsp3) is 0.174. The minimum absolute atomic E-state index is 0.277. The van der Waals surface area contributed by atoms with E-state index in [-0.39, 0.29) is 11.5 Å². The number of amides is 5. The molecule has 31 heavy (non-hydrogen) atoms. The third kappa shape index (κ3) is 3.52. The summed E-state index contributed by atoms with van der Waals surface area (Å²) < 4.78 is 0. The van der Waals surface area contributed by atoms with Gasteiger partial charge in [-0.1, -0.05) is 24.3 Å². The number of imide groups is 2. The number of nitrogens with one attached hydrogen (secondary N) is 1. The van der Waals surface area contributed by atoms with E-state index >= 15 is 0 Å². The van der Waals surface area contributed by atoms with Crippen molar-refractivity contribution < 1.29 is 19.2 Å². The number of carbonyl (C=O) groups excluding carboxylic acids is 4. The zero-order valence-electron chi connectivity index (χ0n) is 17.2. The lowest BCUT2D eigenvalue weighted by Crippen LogP contribution is -2.54. The zero-order valence-corrected chi connectivity index (χ0v) is 17.2. The van der Waals surface area contributed by atoms with Gasteiger partial charge in [-0.05, 0) is 62.2 Å². The van der Waals surface area contributed by atoms with Gasteiger partial charge in [0, 0.05) is 0 Å². The summed E-state index contributed by atoms with van der Waals surface area (Å²) in [5.41, 5.74) is 2.99. The number of rotatable bonds is 3. The predicted molar refractivity (Wildman–Crippen MR) is 116 cm³/mol. The molecule has 8 heteroatoms. The molecule has 0 spiro atoms. The summed E-state index contributed by atoms with van der Waals surface area (Å²) in [4.78, 5) is 51.8. The number of hydrogen-bond acceptors (Lipinski definition) is 5. The van der Waals surface area contributed by atoms with Crippen LogP contribution in [0.15, 0.2) is 65.3 Å². The van der Waals surface area contributed by atoms with Crippen LogP contribution in [0.1, 0.15) is 18.1 Å². The van der Waals surface area contributed by atoms with Crippen LogP contribution in [-0.2, 0) is 14.4 Å². The molecule has 2 aromatic carbocycles. The Morgan fingerprint density at radius 1 is 0.903 bits per heavy atom. The fourth-order valence-electron chi connectivity index (χ4n) is 3.47. The molecule has 1 saturated heterocycles. The van der Waals surface area contributed by atoms with Crippen LogP contribution in [0, 0.1) is 19.8 Å². The highest BCUT2D eigenvalue weighted by atomic mass is 16.2. The number of para-hydroxylation sites is 1. The van der Waals surface area contributed by atoms with Gasteiger partial charge in [-0.15, -0.1) is 0 Å². The van der Waals surface area contributed by atoms with Crippen LogP contribution < -0.4 is 15.2 Å². The maximum Gasteiger partial charge on any atom is 0.335 e. The van der Waals surface area contributed by atoms with Crippen LogP contribution in [-0.4, -0.2) is 29.5 Å². The second-order valence-electron chi connectivity index (χ2n) is 7.45. The third-order valence-corrected chi connectivity index (χ3v) is 5.37. The quantitative estimate of drug-likeness (QED) is 0.614. The molecule has 0 bridgehead atoms. The molecule has 0 radical (unpaired) electrons. The first-order valence-corrected chi connectivity index (χ1v) is 9.71. The van der Waals surface area contributed by atoms with Crippen molar-refractivity contribution in [3.8, 4) is 0 Å². The van der Waals surface area contributed by atoms with Crippen molar-refractivity contribution >= 4 is 40.8 Å². The minimum Gasteiger partial charge on any atom is -0.273 e. The van der Waals surface area contributed by atoms with Crippen LogP contribution in [0.5, 0.6) is 0 Å². The lowest BCUT2D eigenvalue weighted by molar-refractivity contribution is -0.122. The Morgan fingerprint density at radius 3 is 2.29 bits per heavy atom. The van der Waals surface area contributed by atoms with Crippen LogP contribution in [0.2, 0.25) is 0 Å². The lowest BCUT2D eigenvalue weighted by atomic mass is 9.98. The number of aryl methyl sites for hydroxylation is 2. The van der Waals surface area contributed by atoms with Crippen molar-refractivity contribution in [3.63, 3.8) is 0 Å². The second kappa shape index (κ2) is 7.64. The monoisotopic (exact) mass is 416 g/mol. The van der Waals surface area contributed by atoms with E-state index in [4.69, 9.17) is 0 Å². The van der Waals surface area contributed by atoms with Crippen LogP contribution >= 0.6 is 0 Å². The fourth-order valence-corrected chi connectivity index (χ4v) is 3.47. The number of anilines is 2. The first-order valence-electron chi connectivity index (χ1n) is 9.71. The Kier molecular flexibility index (Phi) is 4.98. The maximum absolute atomic E-state index is 13.1. The third-order valence-electron chi connectivity index (χ3n) is 5.37. The molecule has 2 aliphatic heterocycles. The van der Waals surface area contributed by atoms with E-state index in [2.05, 4.69) is 10.4 Å². The molecule has 2 heterocycles. The van der Waals surface area contributed by atoms with Gasteiger partial charge in [-0.3, -0.25) is 19.7 Å². The summed E-state index contributed by atoms with van der Waals surface area (Å²) in [5.74, 6) is -2.89. The largest absolute Gasteiger partial charge is 0.335 e. The number of barbiturate groups is 1. The van der Waals surface area contributed by atoms with Crippen molar-refractivity contribution in [2.24, 2.45) is 11.0 Å². The molecule has 1 N–H and O–H groups in total. The number of nitrogens with zero attached hydrogens (tertiary/aromatic N) is 3. The summed E-state index contributed by atoms with van der Waals surface area (Å²) in [6, 6.07) is 13.2. The normalized spacial score (nSPS) is 20.4. The number of urea groups is 1. The molecule has 4 rings (SSSR count). The van der Waals surface area contributed by atoms with Crippen LogP contribution in [0.3, 0.4) is 0 Å². The van der Waals surface area contributed by atoms with Gasteiger partial charge in [0.15, 0.2) is 0 Å². The molecule has 8 nitrogen and oxygen atoms in total. The van der Waals surface area contributed by atoms with E-state index in [1.54, 1.807) is 49.4 Å². The van der Waals surface area contributed by atoms with Crippen molar-refractivity contribution in [1.29, 1.82) is 0 Å². The first kappa shape index (κ1) is 20.2. The van der Waals surface area contributed by atoms with Gasteiger partial charge in [0.1, 0.15) is 5.57 Å². The van der Waals surface area contributed by atoms with Gasteiger partial charge in [-0.25, -0.2) is 9.69 Å². The number of hydrogen-bond donors (Lipinski definition) is 1. The Balaban J connectivity index is 1.68. The molecule has 1 fully saturated rings. The summed E-state index contributed by atoms with van der Waals surface area (Å²) in [5, 5.41) is 7.71. The molecule has 2 aromatic rings. The van der Waals surface area contributed by atoms with Crippen molar-refractivity contribution in [2.75, 3.05) is 9.91 Å². The zero-order chi connectivity index (χ0) is 22.3. The van der Waals surface area contributed by atoms with Crippen molar-refractivity contribution in [1.82, 2.24) is 5.32 Å². The topological polar surface area (TPSA) is 99.2 Å². The summed E-state index contributed by atoms with van der Waals surface area (Å²) in [6.45, 7) is 5.43. The van der Waals surface area contributed by atoms with E-state index in [1.165, 1.54) is 11.1 Å². The average molecular weight is 416 g/mol. The van der Waals surface area contributed by atoms with E-state index in [1.807, 2.05) is 19.9 Å². The van der Waals surface area contributed by atoms with Crippen molar-refractivity contribution in [2.45, 2.75) is 20.8 Å². The van der Waals surface area contributed by atoms with E-state index in [0.717, 1.165) is 16.0 Å². The number of benzene rings is 2. The van der Waals surface area contributed by atoms with E-state index in [9.17, 15) is 19.2 Å². The summed E-state index contributed by atoms with van der Waals surface area (Å²) >= 11 is 0. The molecular formula is C23H20N4O4. The number of carbonyl (C=O) groups is 4. The molecule has 156 valence electrons. The Bertz CT molecular complexity index is 1180. The Labute approximate surface area is 178 Å². The SMILES string of the molecule is CC1=NN(c2ccccc2)C(=O)C1/C=C1/C(=O)NC(=O)N(c2ccc(C)c(C)c2)C1=O.